The minimum atomic E-state index is -0.149. The van der Waals surface area contributed by atoms with E-state index in [0.29, 0.717) is 18.9 Å². The Morgan fingerprint density at radius 3 is 2.62 bits per heavy atom. The van der Waals surface area contributed by atoms with Gasteiger partial charge in [0.2, 0.25) is 0 Å². The predicted octanol–water partition coefficient (Wildman–Crippen LogP) is 3.89. The number of primary amides is 2. The lowest BCUT2D eigenvalue weighted by Gasteiger charge is -2.31. The fraction of sp³-hybridized carbons (Fsp3) is 0.524. The van der Waals surface area contributed by atoms with Gasteiger partial charge in [0.15, 0.2) is 0 Å². The van der Waals surface area contributed by atoms with E-state index < -0.39 is 0 Å². The number of nitrogens with zero attached hydrogens (tertiary/aromatic N) is 1. The highest BCUT2D eigenvalue weighted by molar-refractivity contribution is 8.03. The standard InChI is InChI=1S/C21H28N2O2S/c1-4-18-19(24)22-21(25)23(10-9-16-7-5-6-8-16)20(18)26-17-12-14(2)11-15(3)13-17/h5-6,11-12,16-17H,4,7-10,13H2,1-3H3,(H,22,24,25)/p+1. The second-order valence-electron chi connectivity index (χ2n) is 7.50. The summed E-state index contributed by atoms with van der Waals surface area (Å²) >= 11 is 1.69. The fourth-order valence-electron chi connectivity index (χ4n) is 3.92. The molecule has 4 nitrogen and oxygen atoms in total. The highest BCUT2D eigenvalue weighted by Gasteiger charge is 2.37. The number of allylic oxidation sites excluding steroid dienone is 5. The number of quaternary nitrogens is 1. The largest absolute Gasteiger partial charge is 0.428 e. The fourth-order valence-corrected chi connectivity index (χ4v) is 5.53. The number of carbonyl (C=O) groups is 2. The van der Waals surface area contributed by atoms with Gasteiger partial charge in [-0.3, -0.25) is 4.90 Å². The summed E-state index contributed by atoms with van der Waals surface area (Å²) in [5.41, 5.74) is 3.40. The summed E-state index contributed by atoms with van der Waals surface area (Å²) in [6.45, 7) is 6.96. The van der Waals surface area contributed by atoms with Crippen molar-refractivity contribution in [2.45, 2.75) is 58.1 Å². The molecule has 0 saturated heterocycles. The van der Waals surface area contributed by atoms with Gasteiger partial charge in [-0.25, -0.2) is 9.59 Å². The second-order valence-corrected chi connectivity index (χ2v) is 8.72. The van der Waals surface area contributed by atoms with E-state index in [4.69, 9.17) is 0 Å². The number of nitrogens with two attached hydrogens (primary N) is 1. The Morgan fingerprint density at radius 1 is 1.23 bits per heavy atom. The van der Waals surface area contributed by atoms with Crippen LogP contribution in [0.3, 0.4) is 0 Å². The van der Waals surface area contributed by atoms with Crippen LogP contribution in [0, 0.1) is 5.92 Å². The molecule has 0 bridgehead atoms. The van der Waals surface area contributed by atoms with Gasteiger partial charge in [-0.2, -0.15) is 5.32 Å². The van der Waals surface area contributed by atoms with Gasteiger partial charge >= 0.3 is 11.9 Å². The molecule has 0 fully saturated rings. The summed E-state index contributed by atoms with van der Waals surface area (Å²) in [7, 11) is 0. The van der Waals surface area contributed by atoms with E-state index in [1.54, 1.807) is 11.8 Å². The summed E-state index contributed by atoms with van der Waals surface area (Å²) in [6, 6.07) is -0.149. The first-order chi connectivity index (χ1) is 12.5. The zero-order valence-corrected chi connectivity index (χ0v) is 16.8. The van der Waals surface area contributed by atoms with Gasteiger partial charge in [0, 0.05) is 11.8 Å². The molecule has 2 N–H and O–H groups in total. The lowest BCUT2D eigenvalue weighted by atomic mass is 10.0. The van der Waals surface area contributed by atoms with Crippen LogP contribution in [-0.4, -0.2) is 28.6 Å². The zero-order chi connectivity index (χ0) is 18.7. The number of rotatable bonds is 6. The number of hydrogen-bond donors (Lipinski definition) is 1. The number of carbonyl (C=O) groups excluding carboxylic acids is 2. The van der Waals surface area contributed by atoms with E-state index in [9.17, 15) is 9.59 Å². The molecule has 26 heavy (non-hydrogen) atoms. The minimum absolute atomic E-state index is 0.109. The number of urea groups is 1. The van der Waals surface area contributed by atoms with Crippen molar-refractivity contribution in [2.75, 3.05) is 6.54 Å². The summed E-state index contributed by atoms with van der Waals surface area (Å²) in [5.74, 6) is 0.515. The maximum atomic E-state index is 12.6. The zero-order valence-electron chi connectivity index (χ0n) is 16.0. The van der Waals surface area contributed by atoms with E-state index in [-0.39, 0.29) is 17.2 Å². The third-order valence-electron chi connectivity index (χ3n) is 5.25. The molecule has 140 valence electrons. The van der Waals surface area contributed by atoms with Crippen molar-refractivity contribution < 1.29 is 14.9 Å². The quantitative estimate of drug-likeness (QED) is 0.719. The average Bonchev–Trinajstić information content (AvgIpc) is 3.07. The first-order valence-electron chi connectivity index (χ1n) is 9.59. The number of amides is 3. The monoisotopic (exact) mass is 373 g/mol. The summed E-state index contributed by atoms with van der Waals surface area (Å²) in [5, 5.41) is 2.45. The van der Waals surface area contributed by atoms with E-state index in [2.05, 4.69) is 38.2 Å². The molecule has 1 aliphatic heterocycles. The van der Waals surface area contributed by atoms with E-state index in [1.807, 2.05) is 11.8 Å². The Kier molecular flexibility index (Phi) is 6.20. The van der Waals surface area contributed by atoms with Gasteiger partial charge in [-0.05, 0) is 51.9 Å². The lowest BCUT2D eigenvalue weighted by molar-refractivity contribution is -0.475. The predicted molar refractivity (Wildman–Crippen MR) is 106 cm³/mol. The van der Waals surface area contributed by atoms with Gasteiger partial charge < -0.3 is 0 Å². The van der Waals surface area contributed by atoms with Crippen molar-refractivity contribution >= 4 is 23.7 Å². The molecule has 0 aromatic heterocycles. The Labute approximate surface area is 160 Å². The highest BCUT2D eigenvalue weighted by Crippen LogP contribution is 2.37. The average molecular weight is 374 g/mol. The van der Waals surface area contributed by atoms with Crippen molar-refractivity contribution in [3.8, 4) is 0 Å². The van der Waals surface area contributed by atoms with Crippen molar-refractivity contribution in [1.82, 2.24) is 4.90 Å². The molecule has 0 saturated carbocycles. The van der Waals surface area contributed by atoms with Crippen LogP contribution in [0.15, 0.2) is 46.1 Å². The van der Waals surface area contributed by atoms with E-state index in [0.717, 1.165) is 36.3 Å². The Morgan fingerprint density at radius 2 is 1.96 bits per heavy atom. The maximum absolute atomic E-state index is 12.6. The van der Waals surface area contributed by atoms with Crippen LogP contribution in [0.25, 0.3) is 0 Å². The molecule has 3 amide bonds. The molecule has 0 aromatic rings. The van der Waals surface area contributed by atoms with Crippen LogP contribution in [-0.2, 0) is 4.79 Å². The summed E-state index contributed by atoms with van der Waals surface area (Å²) in [6.07, 6.45) is 13.7. The van der Waals surface area contributed by atoms with Gasteiger partial charge in [-0.15, -0.1) is 0 Å². The van der Waals surface area contributed by atoms with Gasteiger partial charge in [0.05, 0.1) is 10.6 Å². The van der Waals surface area contributed by atoms with Gasteiger partial charge in [-0.1, -0.05) is 54.1 Å². The van der Waals surface area contributed by atoms with Crippen LogP contribution in [0.4, 0.5) is 4.79 Å². The van der Waals surface area contributed by atoms with Crippen molar-refractivity contribution in [3.63, 3.8) is 0 Å². The molecule has 0 radical (unpaired) electrons. The van der Waals surface area contributed by atoms with Crippen LogP contribution in [0.2, 0.25) is 0 Å². The van der Waals surface area contributed by atoms with Crippen LogP contribution >= 0.6 is 11.8 Å². The topological polar surface area (TPSA) is 54.0 Å². The second kappa shape index (κ2) is 8.40. The first kappa shape index (κ1) is 19.2. The SMILES string of the molecule is CCC1=C(SC2C=C(C)C=C(C)C2)N(CCC2CC=CC2)C(=O)[NH2+]C1=O. The van der Waals surface area contributed by atoms with E-state index >= 15 is 0 Å². The smallest absolute Gasteiger partial charge is 0.255 e. The maximum Gasteiger partial charge on any atom is 0.428 e. The minimum Gasteiger partial charge on any atom is -0.255 e. The van der Waals surface area contributed by atoms with Crippen molar-refractivity contribution in [3.05, 3.63) is 46.1 Å². The number of imide groups is 1. The third kappa shape index (κ3) is 4.38. The molecule has 0 spiro atoms. The van der Waals surface area contributed by atoms with E-state index in [1.165, 1.54) is 16.5 Å². The van der Waals surface area contributed by atoms with Crippen molar-refractivity contribution in [2.24, 2.45) is 5.92 Å². The number of hydrogen-bond acceptors (Lipinski definition) is 3. The van der Waals surface area contributed by atoms with Crippen LogP contribution in [0.5, 0.6) is 0 Å². The lowest BCUT2D eigenvalue weighted by Crippen LogP contribution is -2.95. The number of thioether (sulfide) groups is 1. The Balaban J connectivity index is 1.80. The summed E-state index contributed by atoms with van der Waals surface area (Å²) in [4.78, 5) is 26.9. The molecule has 1 unspecified atom stereocenters. The normalized spacial score (nSPS) is 24.4. The molecule has 2 aliphatic carbocycles. The Bertz CT molecular complexity index is 710. The molecule has 3 rings (SSSR count). The molecule has 1 heterocycles. The van der Waals surface area contributed by atoms with Gasteiger partial charge in [0.1, 0.15) is 0 Å². The Hall–Kier alpha value is -1.59. The first-order valence-corrected chi connectivity index (χ1v) is 10.5. The van der Waals surface area contributed by atoms with Crippen LogP contribution in [0.1, 0.15) is 52.9 Å². The molecular formula is C21H29N2O2S+. The van der Waals surface area contributed by atoms with Crippen LogP contribution < -0.4 is 5.32 Å². The third-order valence-corrected chi connectivity index (χ3v) is 6.55. The molecular weight excluding hydrogens is 344 g/mol. The van der Waals surface area contributed by atoms with Crippen molar-refractivity contribution in [1.29, 1.82) is 0 Å². The molecule has 0 aromatic carbocycles. The van der Waals surface area contributed by atoms with Gasteiger partial charge in [0.25, 0.3) is 0 Å². The molecule has 3 aliphatic rings. The summed E-state index contributed by atoms with van der Waals surface area (Å²) < 4.78 is 0. The molecule has 5 heteroatoms. The molecule has 1 atom stereocenters. The highest BCUT2D eigenvalue weighted by atomic mass is 32.2.